The van der Waals surface area contributed by atoms with Gasteiger partial charge in [0, 0.05) is 38.7 Å². The van der Waals surface area contributed by atoms with Crippen LogP contribution in [0.15, 0.2) is 29.5 Å². The molecule has 6 nitrogen and oxygen atoms in total. The predicted octanol–water partition coefficient (Wildman–Crippen LogP) is 3.59. The Morgan fingerprint density at radius 2 is 2.19 bits per heavy atom. The standard InChI is InChI=1S/C19H29ClN6/c1-4-21-19(25(3)14-18-11-15(20)13-24(18)2)22-12-16-9-10-26(23-16)17-7-5-6-8-17/h9-11,13,17H,4-8,12,14H2,1-3H3,(H,21,22). The van der Waals surface area contributed by atoms with E-state index in [0.29, 0.717) is 12.6 Å². The van der Waals surface area contributed by atoms with Crippen LogP contribution in [0, 0.1) is 0 Å². The number of halogens is 1. The summed E-state index contributed by atoms with van der Waals surface area (Å²) in [6.07, 6.45) is 9.14. The Labute approximate surface area is 160 Å². The SMILES string of the molecule is CCNC(=NCc1ccn(C2CCCC2)n1)N(C)Cc1cc(Cl)cn1C. The first-order chi connectivity index (χ1) is 12.6. The van der Waals surface area contributed by atoms with Gasteiger partial charge in [-0.15, -0.1) is 0 Å². The number of nitrogens with zero attached hydrogens (tertiary/aromatic N) is 5. The number of guanidine groups is 1. The van der Waals surface area contributed by atoms with Crippen molar-refractivity contribution >= 4 is 17.6 Å². The number of hydrogen-bond acceptors (Lipinski definition) is 2. The third kappa shape index (κ3) is 4.61. The number of aliphatic imine (C=N–C) groups is 1. The molecule has 7 heteroatoms. The Balaban J connectivity index is 1.65. The summed E-state index contributed by atoms with van der Waals surface area (Å²) in [5.74, 6) is 0.875. The molecule has 2 aromatic rings. The van der Waals surface area contributed by atoms with Crippen molar-refractivity contribution in [2.75, 3.05) is 13.6 Å². The van der Waals surface area contributed by atoms with E-state index in [0.717, 1.165) is 35.5 Å². The van der Waals surface area contributed by atoms with E-state index in [2.05, 4.69) is 34.1 Å². The Morgan fingerprint density at radius 1 is 1.42 bits per heavy atom. The van der Waals surface area contributed by atoms with Gasteiger partial charge in [-0.1, -0.05) is 24.4 Å². The Morgan fingerprint density at radius 3 is 2.85 bits per heavy atom. The zero-order chi connectivity index (χ0) is 18.5. The highest BCUT2D eigenvalue weighted by Crippen LogP contribution is 2.28. The Kier molecular flexibility index (Phi) is 6.25. The second-order valence-electron chi connectivity index (χ2n) is 7.01. The van der Waals surface area contributed by atoms with E-state index in [9.17, 15) is 0 Å². The number of aromatic nitrogens is 3. The molecule has 0 amide bonds. The lowest BCUT2D eigenvalue weighted by molar-refractivity contribution is 0.457. The molecular formula is C19H29ClN6. The summed E-state index contributed by atoms with van der Waals surface area (Å²) in [6.45, 7) is 4.23. The molecule has 26 heavy (non-hydrogen) atoms. The molecule has 2 aromatic heterocycles. The molecule has 1 N–H and O–H groups in total. The molecule has 1 fully saturated rings. The average molecular weight is 377 g/mol. The van der Waals surface area contributed by atoms with Crippen molar-refractivity contribution in [1.82, 2.24) is 24.6 Å². The predicted molar refractivity (Wildman–Crippen MR) is 106 cm³/mol. The Bertz CT molecular complexity index is 741. The third-order valence-electron chi connectivity index (χ3n) is 4.92. The molecule has 1 aliphatic rings. The molecule has 0 aliphatic heterocycles. The number of hydrogen-bond donors (Lipinski definition) is 1. The van der Waals surface area contributed by atoms with Crippen LogP contribution in [0.1, 0.15) is 50.0 Å². The van der Waals surface area contributed by atoms with Gasteiger partial charge in [0.05, 0.1) is 29.8 Å². The fourth-order valence-electron chi connectivity index (χ4n) is 3.50. The van der Waals surface area contributed by atoms with Gasteiger partial charge in [-0.25, -0.2) is 4.99 Å². The summed E-state index contributed by atoms with van der Waals surface area (Å²) in [7, 11) is 4.05. The van der Waals surface area contributed by atoms with E-state index in [1.807, 2.05) is 30.9 Å². The van der Waals surface area contributed by atoms with Crippen LogP contribution in [-0.4, -0.2) is 38.8 Å². The zero-order valence-corrected chi connectivity index (χ0v) is 16.7. The normalized spacial score (nSPS) is 15.6. The van der Waals surface area contributed by atoms with Crippen molar-refractivity contribution in [3.05, 3.63) is 40.9 Å². The van der Waals surface area contributed by atoms with Crippen LogP contribution in [-0.2, 0) is 20.1 Å². The molecule has 0 spiro atoms. The second-order valence-corrected chi connectivity index (χ2v) is 7.45. The lowest BCUT2D eigenvalue weighted by atomic mass is 10.3. The zero-order valence-electron chi connectivity index (χ0n) is 16.0. The van der Waals surface area contributed by atoms with E-state index in [4.69, 9.17) is 21.7 Å². The minimum absolute atomic E-state index is 0.575. The van der Waals surface area contributed by atoms with E-state index in [-0.39, 0.29) is 0 Å². The van der Waals surface area contributed by atoms with E-state index in [1.165, 1.54) is 25.7 Å². The summed E-state index contributed by atoms with van der Waals surface area (Å²) < 4.78 is 4.17. The summed E-state index contributed by atoms with van der Waals surface area (Å²) in [6, 6.07) is 4.65. The quantitative estimate of drug-likeness (QED) is 0.619. The minimum atomic E-state index is 0.575. The first-order valence-electron chi connectivity index (χ1n) is 9.41. The Hall–Kier alpha value is -1.95. The van der Waals surface area contributed by atoms with Gasteiger partial charge in [-0.2, -0.15) is 5.10 Å². The van der Waals surface area contributed by atoms with Crippen molar-refractivity contribution < 1.29 is 0 Å². The largest absolute Gasteiger partial charge is 0.357 e. The van der Waals surface area contributed by atoms with Gasteiger partial charge in [0.1, 0.15) is 0 Å². The molecule has 0 atom stereocenters. The van der Waals surface area contributed by atoms with Crippen molar-refractivity contribution in [1.29, 1.82) is 0 Å². The van der Waals surface area contributed by atoms with Gasteiger partial charge in [0.15, 0.2) is 5.96 Å². The highest BCUT2D eigenvalue weighted by Gasteiger charge is 2.17. The molecular weight excluding hydrogens is 348 g/mol. The van der Waals surface area contributed by atoms with E-state index < -0.39 is 0 Å². The number of aryl methyl sites for hydroxylation is 1. The molecule has 0 radical (unpaired) electrons. The van der Waals surface area contributed by atoms with Crippen LogP contribution in [0.3, 0.4) is 0 Å². The van der Waals surface area contributed by atoms with Crippen LogP contribution in [0.4, 0.5) is 0 Å². The molecule has 1 saturated carbocycles. The maximum absolute atomic E-state index is 6.09. The lowest BCUT2D eigenvalue weighted by Gasteiger charge is -2.22. The van der Waals surface area contributed by atoms with Gasteiger partial charge < -0.3 is 14.8 Å². The molecule has 1 aliphatic carbocycles. The molecule has 0 aromatic carbocycles. The maximum atomic E-state index is 6.09. The molecule has 3 rings (SSSR count). The molecule has 2 heterocycles. The smallest absolute Gasteiger partial charge is 0.194 e. The summed E-state index contributed by atoms with van der Waals surface area (Å²) in [4.78, 5) is 6.88. The van der Waals surface area contributed by atoms with Crippen molar-refractivity contribution in [3.8, 4) is 0 Å². The van der Waals surface area contributed by atoms with Gasteiger partial charge in [-0.3, -0.25) is 4.68 Å². The molecule has 142 valence electrons. The van der Waals surface area contributed by atoms with Crippen LogP contribution >= 0.6 is 11.6 Å². The summed E-state index contributed by atoms with van der Waals surface area (Å²) in [5.41, 5.74) is 2.16. The maximum Gasteiger partial charge on any atom is 0.194 e. The first-order valence-corrected chi connectivity index (χ1v) is 9.79. The lowest BCUT2D eigenvalue weighted by Crippen LogP contribution is -2.38. The first kappa shape index (κ1) is 18.8. The topological polar surface area (TPSA) is 50.4 Å². The highest BCUT2D eigenvalue weighted by atomic mass is 35.5. The average Bonchev–Trinajstić information content (AvgIpc) is 3.33. The van der Waals surface area contributed by atoms with Crippen molar-refractivity contribution in [2.45, 2.75) is 51.7 Å². The van der Waals surface area contributed by atoms with Gasteiger partial charge in [-0.05, 0) is 31.9 Å². The number of rotatable bonds is 6. The van der Waals surface area contributed by atoms with Gasteiger partial charge in [0.2, 0.25) is 0 Å². The van der Waals surface area contributed by atoms with E-state index in [1.54, 1.807) is 0 Å². The minimum Gasteiger partial charge on any atom is -0.357 e. The monoisotopic (exact) mass is 376 g/mol. The van der Waals surface area contributed by atoms with Crippen molar-refractivity contribution in [3.63, 3.8) is 0 Å². The van der Waals surface area contributed by atoms with Crippen LogP contribution in [0.5, 0.6) is 0 Å². The third-order valence-corrected chi connectivity index (χ3v) is 5.13. The van der Waals surface area contributed by atoms with Gasteiger partial charge in [0.25, 0.3) is 0 Å². The number of nitrogens with one attached hydrogen (secondary N) is 1. The fraction of sp³-hybridized carbons (Fsp3) is 0.579. The molecule has 0 unspecified atom stereocenters. The summed E-state index contributed by atoms with van der Waals surface area (Å²) in [5, 5.41) is 8.85. The van der Waals surface area contributed by atoms with Crippen LogP contribution < -0.4 is 5.32 Å². The second kappa shape index (κ2) is 8.62. The van der Waals surface area contributed by atoms with Crippen LogP contribution in [0.2, 0.25) is 5.02 Å². The fourth-order valence-corrected chi connectivity index (χ4v) is 3.77. The highest BCUT2D eigenvalue weighted by molar-refractivity contribution is 6.30. The molecule has 0 saturated heterocycles. The van der Waals surface area contributed by atoms with Gasteiger partial charge >= 0.3 is 0 Å². The summed E-state index contributed by atoms with van der Waals surface area (Å²) >= 11 is 6.09. The van der Waals surface area contributed by atoms with Crippen molar-refractivity contribution in [2.24, 2.45) is 12.0 Å². The molecule has 0 bridgehead atoms. The van der Waals surface area contributed by atoms with E-state index >= 15 is 0 Å². The van der Waals surface area contributed by atoms with Crippen LogP contribution in [0.25, 0.3) is 0 Å².